The van der Waals surface area contributed by atoms with Gasteiger partial charge in [0, 0.05) is 26.7 Å². The number of hydrogen-bond donors (Lipinski definition) is 0. The van der Waals surface area contributed by atoms with Crippen LogP contribution in [0.2, 0.25) is 0 Å². The maximum atomic E-state index is 13.6. The molecule has 0 aliphatic rings. The van der Waals surface area contributed by atoms with Crippen molar-refractivity contribution in [2.75, 3.05) is 27.7 Å². The number of rotatable bonds is 4. The van der Waals surface area contributed by atoms with E-state index in [9.17, 15) is 14.0 Å². The summed E-state index contributed by atoms with van der Waals surface area (Å²) in [6, 6.07) is 4.30. The van der Waals surface area contributed by atoms with Crippen LogP contribution in [0.4, 0.5) is 4.39 Å². The molecule has 0 aromatic heterocycles. The lowest BCUT2D eigenvalue weighted by molar-refractivity contribution is -0.129. The zero-order valence-corrected chi connectivity index (χ0v) is 12.6. The molecular formula is C15H21FN2O2. The van der Waals surface area contributed by atoms with E-state index in [-0.39, 0.29) is 29.8 Å². The third-order valence-corrected chi connectivity index (χ3v) is 3.05. The second kappa shape index (κ2) is 6.50. The molecule has 2 amide bonds. The van der Waals surface area contributed by atoms with E-state index in [1.54, 1.807) is 20.2 Å². The number of nitrogens with zero attached hydrogens (tertiary/aromatic N) is 2. The first-order valence-electron chi connectivity index (χ1n) is 6.48. The molecular weight excluding hydrogens is 259 g/mol. The molecule has 0 saturated heterocycles. The average Bonchev–Trinajstić information content (AvgIpc) is 2.36. The Morgan fingerprint density at radius 1 is 1.15 bits per heavy atom. The molecule has 0 fully saturated rings. The van der Waals surface area contributed by atoms with Crippen LogP contribution in [0.3, 0.4) is 0 Å². The largest absolute Gasteiger partial charge is 0.347 e. The number of halogens is 1. The topological polar surface area (TPSA) is 40.6 Å². The lowest BCUT2D eigenvalue weighted by Crippen LogP contribution is -2.37. The summed E-state index contributed by atoms with van der Waals surface area (Å²) in [5.74, 6) is -0.846. The Labute approximate surface area is 119 Å². The Balaban J connectivity index is 2.94. The molecule has 0 saturated carbocycles. The lowest BCUT2D eigenvalue weighted by atomic mass is 10.00. The number of carbonyl (C=O) groups is 2. The third-order valence-electron chi connectivity index (χ3n) is 3.05. The molecule has 0 heterocycles. The molecule has 0 radical (unpaired) electrons. The van der Waals surface area contributed by atoms with Crippen molar-refractivity contribution < 1.29 is 14.0 Å². The quantitative estimate of drug-likeness (QED) is 0.847. The van der Waals surface area contributed by atoms with Gasteiger partial charge in [-0.25, -0.2) is 4.39 Å². The molecule has 5 heteroatoms. The molecule has 0 aliphatic carbocycles. The van der Waals surface area contributed by atoms with Crippen molar-refractivity contribution in [3.8, 4) is 0 Å². The first-order valence-corrected chi connectivity index (χ1v) is 6.48. The number of carbonyl (C=O) groups excluding carboxylic acids is 2. The highest BCUT2D eigenvalue weighted by Crippen LogP contribution is 2.18. The predicted octanol–water partition coefficient (Wildman–Crippen LogP) is 2.11. The van der Waals surface area contributed by atoms with Crippen LogP contribution in [0.25, 0.3) is 0 Å². The Bertz CT molecular complexity index is 513. The van der Waals surface area contributed by atoms with Gasteiger partial charge in [0.25, 0.3) is 5.91 Å². The third kappa shape index (κ3) is 4.05. The molecule has 4 nitrogen and oxygen atoms in total. The molecule has 0 N–H and O–H groups in total. The van der Waals surface area contributed by atoms with Gasteiger partial charge in [-0.2, -0.15) is 0 Å². The predicted molar refractivity (Wildman–Crippen MR) is 76.1 cm³/mol. The van der Waals surface area contributed by atoms with Gasteiger partial charge in [-0.3, -0.25) is 9.59 Å². The van der Waals surface area contributed by atoms with Crippen molar-refractivity contribution in [2.45, 2.75) is 19.8 Å². The fraction of sp³-hybridized carbons (Fsp3) is 0.467. The maximum Gasteiger partial charge on any atom is 0.254 e. The fourth-order valence-electron chi connectivity index (χ4n) is 1.71. The minimum atomic E-state index is -0.438. The van der Waals surface area contributed by atoms with Crippen LogP contribution < -0.4 is 0 Å². The Hall–Kier alpha value is -1.91. The van der Waals surface area contributed by atoms with E-state index < -0.39 is 5.82 Å². The van der Waals surface area contributed by atoms with Gasteiger partial charge in [-0.1, -0.05) is 13.8 Å². The Morgan fingerprint density at radius 3 is 2.25 bits per heavy atom. The van der Waals surface area contributed by atoms with E-state index in [0.29, 0.717) is 0 Å². The summed E-state index contributed by atoms with van der Waals surface area (Å²) >= 11 is 0. The van der Waals surface area contributed by atoms with Crippen molar-refractivity contribution in [3.05, 3.63) is 35.1 Å². The highest BCUT2D eigenvalue weighted by Gasteiger charge is 2.17. The molecule has 0 unspecified atom stereocenters. The smallest absolute Gasteiger partial charge is 0.254 e. The maximum absolute atomic E-state index is 13.6. The van der Waals surface area contributed by atoms with Crippen LogP contribution in [0.15, 0.2) is 18.2 Å². The summed E-state index contributed by atoms with van der Waals surface area (Å²) in [7, 11) is 4.78. The van der Waals surface area contributed by atoms with Crippen LogP contribution in [-0.2, 0) is 4.79 Å². The summed E-state index contributed by atoms with van der Waals surface area (Å²) in [5, 5.41) is 0. The van der Waals surface area contributed by atoms with E-state index in [2.05, 4.69) is 0 Å². The summed E-state index contributed by atoms with van der Waals surface area (Å²) in [6.07, 6.45) is 0. The first kappa shape index (κ1) is 16.1. The summed E-state index contributed by atoms with van der Waals surface area (Å²) in [4.78, 5) is 26.5. The van der Waals surface area contributed by atoms with E-state index in [1.165, 1.54) is 29.0 Å². The monoisotopic (exact) mass is 280 g/mol. The minimum Gasteiger partial charge on any atom is -0.347 e. The van der Waals surface area contributed by atoms with E-state index in [4.69, 9.17) is 0 Å². The average molecular weight is 280 g/mol. The van der Waals surface area contributed by atoms with Gasteiger partial charge in [0.2, 0.25) is 5.91 Å². The molecule has 0 bridgehead atoms. The highest BCUT2D eigenvalue weighted by molar-refractivity contribution is 5.96. The van der Waals surface area contributed by atoms with E-state index in [0.717, 1.165) is 5.56 Å². The summed E-state index contributed by atoms with van der Waals surface area (Å²) < 4.78 is 13.6. The van der Waals surface area contributed by atoms with Crippen molar-refractivity contribution in [1.29, 1.82) is 0 Å². The highest BCUT2D eigenvalue weighted by atomic mass is 19.1. The van der Waals surface area contributed by atoms with E-state index in [1.807, 2.05) is 13.8 Å². The standard InChI is InChI=1S/C15H21FN2O2/c1-10(2)11-6-12(8-13(16)7-11)15(20)18(5)9-14(19)17(3)4/h6-8,10H,9H2,1-5H3. The number of likely N-dealkylation sites (N-methyl/N-ethyl adjacent to an activating group) is 2. The number of hydrogen-bond acceptors (Lipinski definition) is 2. The van der Waals surface area contributed by atoms with Gasteiger partial charge < -0.3 is 9.80 Å². The van der Waals surface area contributed by atoms with Crippen LogP contribution >= 0.6 is 0 Å². The molecule has 1 aromatic carbocycles. The molecule has 1 aromatic rings. The lowest BCUT2D eigenvalue weighted by Gasteiger charge is -2.20. The summed E-state index contributed by atoms with van der Waals surface area (Å²) in [6.45, 7) is 3.84. The van der Waals surface area contributed by atoms with Crippen molar-refractivity contribution in [1.82, 2.24) is 9.80 Å². The fourth-order valence-corrected chi connectivity index (χ4v) is 1.71. The van der Waals surface area contributed by atoms with Gasteiger partial charge in [-0.15, -0.1) is 0 Å². The van der Waals surface area contributed by atoms with Crippen molar-refractivity contribution in [3.63, 3.8) is 0 Å². The van der Waals surface area contributed by atoms with E-state index >= 15 is 0 Å². The van der Waals surface area contributed by atoms with Gasteiger partial charge in [-0.05, 0) is 29.7 Å². The minimum absolute atomic E-state index is 0.0284. The van der Waals surface area contributed by atoms with Crippen molar-refractivity contribution in [2.24, 2.45) is 0 Å². The second-order valence-electron chi connectivity index (χ2n) is 5.38. The van der Waals surface area contributed by atoms with Gasteiger partial charge >= 0.3 is 0 Å². The number of amides is 2. The van der Waals surface area contributed by atoms with Gasteiger partial charge in [0.1, 0.15) is 5.82 Å². The Morgan fingerprint density at radius 2 is 1.75 bits per heavy atom. The molecule has 0 atom stereocenters. The Kier molecular flexibility index (Phi) is 5.25. The molecule has 0 spiro atoms. The molecule has 110 valence electrons. The second-order valence-corrected chi connectivity index (χ2v) is 5.38. The van der Waals surface area contributed by atoms with Crippen LogP contribution in [0, 0.1) is 5.82 Å². The van der Waals surface area contributed by atoms with Crippen LogP contribution in [-0.4, -0.2) is 49.3 Å². The molecule has 1 rings (SSSR count). The first-order chi connectivity index (χ1) is 9.22. The van der Waals surface area contributed by atoms with Crippen molar-refractivity contribution >= 4 is 11.8 Å². The molecule has 0 aliphatic heterocycles. The normalized spacial score (nSPS) is 10.6. The van der Waals surface area contributed by atoms with Crippen LogP contribution in [0.5, 0.6) is 0 Å². The zero-order chi connectivity index (χ0) is 15.4. The van der Waals surface area contributed by atoms with Crippen LogP contribution in [0.1, 0.15) is 35.7 Å². The SMILES string of the molecule is CC(C)c1cc(F)cc(C(=O)N(C)CC(=O)N(C)C)c1. The zero-order valence-electron chi connectivity index (χ0n) is 12.6. The number of benzene rings is 1. The molecule has 20 heavy (non-hydrogen) atoms. The summed E-state index contributed by atoms with van der Waals surface area (Å²) in [5.41, 5.74) is 1.03. The van der Waals surface area contributed by atoms with Gasteiger partial charge in [0.05, 0.1) is 6.54 Å². The van der Waals surface area contributed by atoms with Gasteiger partial charge in [0.15, 0.2) is 0 Å².